The summed E-state index contributed by atoms with van der Waals surface area (Å²) in [6.45, 7) is 3.88. The van der Waals surface area contributed by atoms with Crippen molar-refractivity contribution in [3.8, 4) is 10.6 Å². The van der Waals surface area contributed by atoms with Crippen LogP contribution in [0, 0.1) is 6.92 Å². The second-order valence-corrected chi connectivity index (χ2v) is 7.56. The summed E-state index contributed by atoms with van der Waals surface area (Å²) < 4.78 is 5.16. The number of aryl methyl sites for hydroxylation is 2. The third-order valence-corrected chi connectivity index (χ3v) is 5.33. The zero-order valence-corrected chi connectivity index (χ0v) is 16.9. The van der Waals surface area contributed by atoms with E-state index in [-0.39, 0.29) is 18.1 Å². The molecular formula is C23H23NO3S. The van der Waals surface area contributed by atoms with Crippen molar-refractivity contribution in [2.45, 2.75) is 33.1 Å². The normalized spacial score (nSPS) is 10.6. The Labute approximate surface area is 169 Å². The van der Waals surface area contributed by atoms with Gasteiger partial charge in [0, 0.05) is 16.5 Å². The van der Waals surface area contributed by atoms with Crippen LogP contribution in [0.4, 0.5) is 0 Å². The number of rotatable bonds is 8. The molecule has 144 valence electrons. The fourth-order valence-electron chi connectivity index (χ4n) is 2.72. The lowest BCUT2D eigenvalue weighted by molar-refractivity contribution is 0.0470. The molecule has 2 aromatic carbocycles. The van der Waals surface area contributed by atoms with Crippen molar-refractivity contribution in [2.24, 2.45) is 0 Å². The molecular weight excluding hydrogens is 370 g/mol. The van der Waals surface area contributed by atoms with Gasteiger partial charge in [-0.05, 0) is 25.3 Å². The number of carbonyl (C=O) groups excluding carboxylic acids is 2. The zero-order chi connectivity index (χ0) is 19.9. The second kappa shape index (κ2) is 9.42. The van der Waals surface area contributed by atoms with Crippen LogP contribution < -0.4 is 0 Å². The summed E-state index contributed by atoms with van der Waals surface area (Å²) in [4.78, 5) is 28.8. The maximum atomic E-state index is 12.3. The van der Waals surface area contributed by atoms with Crippen LogP contribution in [0.3, 0.4) is 0 Å². The number of nitrogens with zero attached hydrogens (tertiary/aromatic N) is 1. The molecule has 0 unspecified atom stereocenters. The van der Waals surface area contributed by atoms with Gasteiger partial charge in [0.1, 0.15) is 5.01 Å². The Kier molecular flexibility index (Phi) is 6.71. The molecule has 1 heterocycles. The highest BCUT2D eigenvalue weighted by Crippen LogP contribution is 2.24. The highest BCUT2D eigenvalue weighted by molar-refractivity contribution is 7.13. The predicted octanol–water partition coefficient (Wildman–Crippen LogP) is 5.50. The predicted molar refractivity (Wildman–Crippen MR) is 112 cm³/mol. The molecule has 4 nitrogen and oxygen atoms in total. The van der Waals surface area contributed by atoms with Crippen molar-refractivity contribution in [1.29, 1.82) is 0 Å². The van der Waals surface area contributed by atoms with Crippen molar-refractivity contribution >= 4 is 23.1 Å². The Balaban J connectivity index is 1.56. The fourth-order valence-corrected chi connectivity index (χ4v) is 3.52. The number of unbranched alkanes of at least 4 members (excludes halogenated alkanes) is 1. The molecule has 0 aliphatic carbocycles. The summed E-state index contributed by atoms with van der Waals surface area (Å²) in [5.41, 5.74) is 4.10. The number of thiazole rings is 1. The van der Waals surface area contributed by atoms with Crippen LogP contribution in [0.15, 0.2) is 53.9 Å². The Hall–Kier alpha value is -2.79. The van der Waals surface area contributed by atoms with Crippen LogP contribution >= 0.6 is 11.3 Å². The molecule has 3 aromatic rings. The topological polar surface area (TPSA) is 56.3 Å². The number of hydrogen-bond acceptors (Lipinski definition) is 5. The summed E-state index contributed by atoms with van der Waals surface area (Å²) >= 11 is 1.38. The van der Waals surface area contributed by atoms with E-state index in [0.717, 1.165) is 35.4 Å². The molecule has 0 fully saturated rings. The average Bonchev–Trinajstić information content (AvgIpc) is 3.21. The smallest absolute Gasteiger partial charge is 0.358 e. The molecule has 0 amide bonds. The Morgan fingerprint density at radius 3 is 2.43 bits per heavy atom. The molecule has 0 spiro atoms. The first-order chi connectivity index (χ1) is 13.6. The standard InChI is InChI=1S/C23H23NO3S/c1-3-4-5-17-8-12-18(13-9-17)21(25)14-27-23(26)20-15-28-22(24-20)19-10-6-16(2)7-11-19/h6-13,15H,3-5,14H2,1-2H3. The van der Waals surface area contributed by atoms with E-state index in [1.807, 2.05) is 43.3 Å². The van der Waals surface area contributed by atoms with E-state index in [4.69, 9.17) is 4.74 Å². The number of Topliss-reactive ketones (excluding diaryl/α,β-unsaturated/α-hetero) is 1. The molecule has 0 N–H and O–H groups in total. The van der Waals surface area contributed by atoms with Gasteiger partial charge in [0.2, 0.25) is 0 Å². The van der Waals surface area contributed by atoms with Crippen molar-refractivity contribution in [2.75, 3.05) is 6.61 Å². The van der Waals surface area contributed by atoms with Crippen LogP contribution in [-0.4, -0.2) is 23.3 Å². The molecule has 0 bridgehead atoms. The van der Waals surface area contributed by atoms with Gasteiger partial charge in [-0.25, -0.2) is 9.78 Å². The van der Waals surface area contributed by atoms with Crippen molar-refractivity contribution < 1.29 is 14.3 Å². The lowest BCUT2D eigenvalue weighted by Gasteiger charge is -2.04. The van der Waals surface area contributed by atoms with Gasteiger partial charge in [-0.2, -0.15) is 0 Å². The van der Waals surface area contributed by atoms with Gasteiger partial charge in [0.25, 0.3) is 0 Å². The summed E-state index contributed by atoms with van der Waals surface area (Å²) in [6, 6.07) is 15.4. The van der Waals surface area contributed by atoms with Gasteiger partial charge in [0.15, 0.2) is 18.1 Å². The fraction of sp³-hybridized carbons (Fsp3) is 0.261. The maximum Gasteiger partial charge on any atom is 0.358 e. The minimum Gasteiger partial charge on any atom is -0.453 e. The lowest BCUT2D eigenvalue weighted by atomic mass is 10.0. The number of aromatic nitrogens is 1. The van der Waals surface area contributed by atoms with Crippen LogP contribution in [0.2, 0.25) is 0 Å². The minimum absolute atomic E-state index is 0.218. The molecule has 28 heavy (non-hydrogen) atoms. The van der Waals surface area contributed by atoms with Gasteiger partial charge < -0.3 is 4.74 Å². The first-order valence-corrected chi connectivity index (χ1v) is 10.3. The van der Waals surface area contributed by atoms with Crippen molar-refractivity contribution in [3.05, 3.63) is 76.3 Å². The van der Waals surface area contributed by atoms with Gasteiger partial charge in [-0.1, -0.05) is 67.4 Å². The number of benzene rings is 2. The molecule has 0 radical (unpaired) electrons. The van der Waals surface area contributed by atoms with Gasteiger partial charge >= 0.3 is 5.97 Å². The first kappa shape index (κ1) is 20.0. The largest absolute Gasteiger partial charge is 0.453 e. The summed E-state index contributed by atoms with van der Waals surface area (Å²) in [5, 5.41) is 2.41. The average molecular weight is 394 g/mol. The Bertz CT molecular complexity index is 943. The molecule has 0 atom stereocenters. The van der Waals surface area contributed by atoms with E-state index in [0.29, 0.717) is 5.56 Å². The number of esters is 1. The molecule has 0 saturated carbocycles. The zero-order valence-electron chi connectivity index (χ0n) is 16.1. The maximum absolute atomic E-state index is 12.3. The highest BCUT2D eigenvalue weighted by Gasteiger charge is 2.15. The van der Waals surface area contributed by atoms with Gasteiger partial charge in [0.05, 0.1) is 0 Å². The first-order valence-electron chi connectivity index (χ1n) is 9.38. The SMILES string of the molecule is CCCCc1ccc(C(=O)COC(=O)c2csc(-c3ccc(C)cc3)n2)cc1. The van der Waals surface area contributed by atoms with Crippen molar-refractivity contribution in [3.63, 3.8) is 0 Å². The van der Waals surface area contributed by atoms with Crippen LogP contribution in [0.25, 0.3) is 10.6 Å². The van der Waals surface area contributed by atoms with E-state index in [2.05, 4.69) is 11.9 Å². The number of carbonyl (C=O) groups is 2. The number of ketones is 1. The lowest BCUT2D eigenvalue weighted by Crippen LogP contribution is -2.14. The van der Waals surface area contributed by atoms with Gasteiger partial charge in [-0.3, -0.25) is 4.79 Å². The van der Waals surface area contributed by atoms with E-state index >= 15 is 0 Å². The van der Waals surface area contributed by atoms with E-state index in [9.17, 15) is 9.59 Å². The Morgan fingerprint density at radius 2 is 1.75 bits per heavy atom. The van der Waals surface area contributed by atoms with Crippen LogP contribution in [0.5, 0.6) is 0 Å². The van der Waals surface area contributed by atoms with E-state index in [1.165, 1.54) is 16.9 Å². The molecule has 0 aliphatic rings. The van der Waals surface area contributed by atoms with Gasteiger partial charge in [-0.15, -0.1) is 11.3 Å². The number of hydrogen-bond donors (Lipinski definition) is 0. The monoisotopic (exact) mass is 393 g/mol. The highest BCUT2D eigenvalue weighted by atomic mass is 32.1. The van der Waals surface area contributed by atoms with Crippen LogP contribution in [-0.2, 0) is 11.2 Å². The molecule has 0 saturated heterocycles. The summed E-state index contributed by atoms with van der Waals surface area (Å²) in [6.07, 6.45) is 3.27. The second-order valence-electron chi connectivity index (χ2n) is 6.70. The van der Waals surface area contributed by atoms with E-state index < -0.39 is 5.97 Å². The Morgan fingerprint density at radius 1 is 1.04 bits per heavy atom. The minimum atomic E-state index is -0.581. The summed E-state index contributed by atoms with van der Waals surface area (Å²) in [5.74, 6) is -0.799. The van der Waals surface area contributed by atoms with E-state index in [1.54, 1.807) is 17.5 Å². The number of ether oxygens (including phenoxy) is 1. The van der Waals surface area contributed by atoms with Crippen molar-refractivity contribution in [1.82, 2.24) is 4.98 Å². The molecule has 0 aliphatic heterocycles. The third-order valence-electron chi connectivity index (χ3n) is 4.44. The summed E-state index contributed by atoms with van der Waals surface area (Å²) in [7, 11) is 0. The molecule has 3 rings (SSSR count). The van der Waals surface area contributed by atoms with Crippen LogP contribution in [0.1, 0.15) is 51.7 Å². The quantitative estimate of drug-likeness (QED) is 0.374. The third kappa shape index (κ3) is 5.14. The molecule has 1 aromatic heterocycles. The molecule has 5 heteroatoms.